The fourth-order valence-corrected chi connectivity index (χ4v) is 5.32. The third-order valence-electron chi connectivity index (χ3n) is 7.89. The molecule has 4 aromatic rings. The zero-order valence-corrected chi connectivity index (χ0v) is 29.8. The quantitative estimate of drug-likeness (QED) is 0.132. The van der Waals surface area contributed by atoms with Crippen LogP contribution in [-0.2, 0) is 22.7 Å². The first-order valence-corrected chi connectivity index (χ1v) is 15.7. The largest absolute Gasteiger partial charge is 0.543 e. The number of aromatic nitrogens is 6. The van der Waals surface area contributed by atoms with Crippen LogP contribution < -0.4 is 41.5 Å². The Morgan fingerprint density at radius 3 is 1.20 bits per heavy atom. The van der Waals surface area contributed by atoms with E-state index in [4.69, 9.17) is 30.0 Å². The summed E-state index contributed by atoms with van der Waals surface area (Å²) in [5.74, 6) is -5.66. The molecule has 2 aliphatic rings. The van der Waals surface area contributed by atoms with Crippen molar-refractivity contribution in [2.45, 2.75) is 26.9 Å². The third kappa shape index (κ3) is 11.9. The molecule has 55 heavy (non-hydrogen) atoms. The Balaban J connectivity index is 0. The second-order valence-corrected chi connectivity index (χ2v) is 11.0. The standard InChI is InChI=1S/2C14H17N5O3.C2H2O4.5H2O/c2*1-2-18-8-10(13(21)22)11(20)9-7-16-14(17-12(9)18)19-5-3-15-4-6-19;3-1(4)2(5)6;;;;;/h2*7-8,15H,2-6H2,1H3,(H,21,22);(H,3,4)(H,5,6);5*1H2. The molecule has 306 valence electrons. The number of fused-ring (bicyclic) bond motifs is 2. The number of anilines is 2. The highest BCUT2D eigenvalue weighted by Gasteiger charge is 2.21. The van der Waals surface area contributed by atoms with Crippen molar-refractivity contribution in [3.05, 3.63) is 56.4 Å². The smallest absolute Gasteiger partial charge is 0.341 e. The molecule has 6 heterocycles. The molecule has 2 fully saturated rings. The van der Waals surface area contributed by atoms with Crippen LogP contribution >= 0.6 is 0 Å². The Hall–Kier alpha value is -6.22. The van der Waals surface area contributed by atoms with Gasteiger partial charge in [0.15, 0.2) is 0 Å². The molecule has 25 heteroatoms. The Morgan fingerprint density at radius 1 is 0.636 bits per heavy atom. The predicted molar refractivity (Wildman–Crippen MR) is 189 cm³/mol. The lowest BCUT2D eigenvalue weighted by Gasteiger charge is -2.25. The van der Waals surface area contributed by atoms with Gasteiger partial charge in [-0.05, 0) is 13.8 Å². The molecule has 0 radical (unpaired) electrons. The Morgan fingerprint density at radius 2 is 0.945 bits per heavy atom. The van der Waals surface area contributed by atoms with Crippen molar-refractivity contribution in [3.63, 3.8) is 0 Å². The number of nitrogens with two attached hydrogens (primary N) is 2. The molecule has 0 spiro atoms. The number of aliphatic carboxylic acids is 2. The van der Waals surface area contributed by atoms with E-state index < -0.39 is 34.7 Å². The lowest BCUT2D eigenvalue weighted by molar-refractivity contribution is -0.655. The monoisotopic (exact) mass is 786 g/mol. The fourth-order valence-electron chi connectivity index (χ4n) is 5.32. The number of carboxylic acids is 4. The van der Waals surface area contributed by atoms with Gasteiger partial charge in [-0.2, -0.15) is 9.97 Å². The zero-order chi connectivity index (χ0) is 36.5. The van der Waals surface area contributed by atoms with Crippen LogP contribution in [0.1, 0.15) is 34.6 Å². The third-order valence-corrected chi connectivity index (χ3v) is 7.89. The fraction of sp³-hybridized carbons (Fsp3) is 0.400. The van der Waals surface area contributed by atoms with E-state index in [2.05, 4.69) is 40.4 Å². The van der Waals surface area contributed by atoms with Crippen LogP contribution in [0.4, 0.5) is 11.9 Å². The van der Waals surface area contributed by atoms with Gasteiger partial charge in [0.05, 0.1) is 75.1 Å². The number of pyridine rings is 2. The number of carboxylic acid groups (broad SMARTS) is 4. The topological polar surface area (TPSA) is 448 Å². The Labute approximate surface area is 310 Å². The maximum Gasteiger partial charge on any atom is 0.341 e. The lowest BCUT2D eigenvalue weighted by atomic mass is 10.2. The normalized spacial score (nSPS) is 13.0. The van der Waals surface area contributed by atoms with E-state index in [0.717, 1.165) is 52.4 Å². The summed E-state index contributed by atoms with van der Waals surface area (Å²) in [6.45, 7) is 12.2. The molecule has 2 saturated heterocycles. The molecule has 2 aliphatic heterocycles. The number of nitrogens with zero attached hydrogens (tertiary/aromatic N) is 8. The average Bonchev–Trinajstić information content (AvgIpc) is 3.12. The van der Waals surface area contributed by atoms with Crippen LogP contribution in [0.25, 0.3) is 22.1 Å². The van der Waals surface area contributed by atoms with E-state index in [0.29, 0.717) is 36.3 Å². The van der Waals surface area contributed by atoms with E-state index in [1.54, 1.807) is 9.13 Å². The first-order chi connectivity index (χ1) is 23.9. The van der Waals surface area contributed by atoms with E-state index in [-0.39, 0.29) is 49.3 Å². The van der Waals surface area contributed by atoms with E-state index in [9.17, 15) is 19.2 Å². The van der Waals surface area contributed by atoms with Gasteiger partial charge in [0.2, 0.25) is 22.8 Å². The minimum absolute atomic E-state index is 0. The van der Waals surface area contributed by atoms with Crippen molar-refractivity contribution >= 4 is 57.8 Å². The van der Waals surface area contributed by atoms with Crippen LogP contribution in [-0.4, -0.2) is 143 Å². The van der Waals surface area contributed by atoms with Gasteiger partial charge >= 0.3 is 11.9 Å². The summed E-state index contributed by atoms with van der Waals surface area (Å²) < 4.78 is 3.36. The van der Waals surface area contributed by atoms with Crippen LogP contribution in [0.5, 0.6) is 0 Å². The Kier molecular flexibility index (Phi) is 21.1. The summed E-state index contributed by atoms with van der Waals surface area (Å²) in [6, 6.07) is 0. The van der Waals surface area contributed by atoms with E-state index in [1.165, 1.54) is 24.8 Å². The average molecular weight is 787 g/mol. The van der Waals surface area contributed by atoms with Crippen molar-refractivity contribution in [2.24, 2.45) is 0 Å². The van der Waals surface area contributed by atoms with Crippen LogP contribution in [0.2, 0.25) is 0 Å². The van der Waals surface area contributed by atoms with Crippen molar-refractivity contribution < 1.29 is 77.6 Å². The molecule has 0 saturated carbocycles. The zero-order valence-electron chi connectivity index (χ0n) is 29.8. The highest BCUT2D eigenvalue weighted by molar-refractivity contribution is 6.25. The van der Waals surface area contributed by atoms with Crippen LogP contribution in [0.15, 0.2) is 34.4 Å². The molecule has 16 N–H and O–H groups in total. The van der Waals surface area contributed by atoms with Gasteiger partial charge in [-0.25, -0.2) is 19.6 Å². The molecule has 4 aromatic heterocycles. The second kappa shape index (κ2) is 22.8. The Bertz CT molecular complexity index is 1900. The van der Waals surface area contributed by atoms with Crippen molar-refractivity contribution in [1.29, 1.82) is 0 Å². The first kappa shape index (κ1) is 50.9. The first-order valence-electron chi connectivity index (χ1n) is 15.7. The highest BCUT2D eigenvalue weighted by atomic mass is 16.4. The minimum Gasteiger partial charge on any atom is -0.543 e. The number of quaternary nitrogens is 2. The number of hydrogen-bond donors (Lipinski definition) is 4. The van der Waals surface area contributed by atoms with Crippen molar-refractivity contribution in [2.75, 3.05) is 62.2 Å². The molecule has 0 amide bonds. The SMILES string of the molecule is CCn1cc(C(=O)O)c(=O)c2cnc(N3CC[NH2+]CC3)nc21.CCn1cc(C(=O)O)c(=O)c2cnc(N3CC[NH2+]CC3)nc21.O.O.O.O.O.O=C([O-])C(=O)[O-]. The summed E-state index contributed by atoms with van der Waals surface area (Å²) >= 11 is 0. The molecule has 6 rings (SSSR count). The number of piperazine rings is 2. The molecule has 0 atom stereocenters. The molecular formula is C30H46N10O15. The van der Waals surface area contributed by atoms with E-state index in [1.807, 2.05) is 13.8 Å². The van der Waals surface area contributed by atoms with Crippen LogP contribution in [0, 0.1) is 0 Å². The maximum absolute atomic E-state index is 12.2. The van der Waals surface area contributed by atoms with Gasteiger partial charge < -0.3 is 87.0 Å². The van der Waals surface area contributed by atoms with Gasteiger partial charge in [0, 0.05) is 37.9 Å². The van der Waals surface area contributed by atoms with Crippen LogP contribution in [0.3, 0.4) is 0 Å². The molecule has 0 bridgehead atoms. The number of carbonyl (C=O) groups excluding carboxylic acids is 2. The van der Waals surface area contributed by atoms with Crippen molar-refractivity contribution in [1.82, 2.24) is 29.1 Å². The second-order valence-electron chi connectivity index (χ2n) is 11.0. The van der Waals surface area contributed by atoms with Gasteiger partial charge in [-0.1, -0.05) is 0 Å². The summed E-state index contributed by atoms with van der Waals surface area (Å²) in [6.07, 6.45) is 5.59. The van der Waals surface area contributed by atoms with Gasteiger partial charge in [0.25, 0.3) is 0 Å². The number of hydrogen-bond acceptors (Lipinski definition) is 14. The molecule has 0 unspecified atom stereocenters. The van der Waals surface area contributed by atoms with Gasteiger partial charge in [-0.3, -0.25) is 9.59 Å². The summed E-state index contributed by atoms with van der Waals surface area (Å²) in [5, 5.41) is 41.1. The molecule has 0 aromatic carbocycles. The summed E-state index contributed by atoms with van der Waals surface area (Å²) in [7, 11) is 0. The van der Waals surface area contributed by atoms with Gasteiger partial charge in [-0.15, -0.1) is 0 Å². The van der Waals surface area contributed by atoms with Crippen molar-refractivity contribution in [3.8, 4) is 0 Å². The summed E-state index contributed by atoms with van der Waals surface area (Å²) in [4.78, 5) is 86.4. The highest BCUT2D eigenvalue weighted by Crippen LogP contribution is 2.16. The van der Waals surface area contributed by atoms with E-state index >= 15 is 0 Å². The molecule has 25 nitrogen and oxygen atoms in total. The number of carbonyl (C=O) groups is 4. The lowest BCUT2D eigenvalue weighted by Crippen LogP contribution is -2.89. The number of aryl methyl sites for hydroxylation is 2. The molecule has 0 aliphatic carbocycles. The minimum atomic E-state index is -2.19. The van der Waals surface area contributed by atoms with Gasteiger partial charge in [0.1, 0.15) is 22.4 Å². The number of rotatable bonds is 6. The molecular weight excluding hydrogens is 740 g/mol. The number of aromatic carboxylic acids is 2. The predicted octanol–water partition coefficient (Wildman–Crippen LogP) is -9.85. The summed E-state index contributed by atoms with van der Waals surface area (Å²) in [5.41, 5.74) is -0.609. The maximum atomic E-state index is 12.2.